The molecule has 142 valence electrons. The maximum Gasteiger partial charge on any atom is 0.305 e. The van der Waals surface area contributed by atoms with Crippen LogP contribution in [-0.2, 0) is 4.79 Å². The zero-order valence-corrected chi connectivity index (χ0v) is 15.0. The highest BCUT2D eigenvalue weighted by Crippen LogP contribution is 2.30. The third kappa shape index (κ3) is 5.53. The van der Waals surface area contributed by atoms with Gasteiger partial charge in [-0.05, 0) is 37.6 Å². The topological polar surface area (TPSA) is 122 Å². The van der Waals surface area contributed by atoms with Crippen molar-refractivity contribution in [2.45, 2.75) is 32.4 Å². The molecule has 0 aliphatic heterocycles. The average Bonchev–Trinajstić information content (AvgIpc) is 2.61. The number of carbonyl (C=O) groups is 2. The molecule has 8 heteroatoms. The molecule has 2 aromatic rings. The summed E-state index contributed by atoms with van der Waals surface area (Å²) >= 11 is 0. The van der Waals surface area contributed by atoms with Gasteiger partial charge in [0.2, 0.25) is 0 Å². The first kappa shape index (κ1) is 19.9. The van der Waals surface area contributed by atoms with E-state index in [4.69, 9.17) is 0 Å². The van der Waals surface area contributed by atoms with Crippen LogP contribution in [-0.4, -0.2) is 27.9 Å². The molecule has 0 saturated heterocycles. The quantitative estimate of drug-likeness (QED) is 0.483. The molecule has 0 fully saturated rings. The molecule has 0 spiro atoms. The Labute approximate surface area is 156 Å². The Hall–Kier alpha value is -3.42. The van der Waals surface area contributed by atoms with Crippen LogP contribution in [0.1, 0.15) is 42.2 Å². The number of anilines is 1. The predicted molar refractivity (Wildman–Crippen MR) is 101 cm³/mol. The molecule has 0 heterocycles. The van der Waals surface area contributed by atoms with Gasteiger partial charge in [-0.15, -0.1) is 0 Å². The molecule has 0 radical (unpaired) electrons. The van der Waals surface area contributed by atoms with Crippen LogP contribution < -0.4 is 10.6 Å². The number of nitro groups is 1. The van der Waals surface area contributed by atoms with Crippen LogP contribution in [0.4, 0.5) is 11.4 Å². The van der Waals surface area contributed by atoms with Crippen LogP contribution in [0.3, 0.4) is 0 Å². The van der Waals surface area contributed by atoms with Gasteiger partial charge in [0.1, 0.15) is 5.69 Å². The molecule has 2 aromatic carbocycles. The van der Waals surface area contributed by atoms with Crippen LogP contribution in [0.15, 0.2) is 48.5 Å². The Bertz CT molecular complexity index is 836. The fourth-order valence-electron chi connectivity index (χ4n) is 2.61. The number of nitrogens with zero attached hydrogens (tertiary/aromatic N) is 1. The number of carbonyl (C=O) groups excluding carboxylic acids is 1. The van der Waals surface area contributed by atoms with Crippen molar-refractivity contribution in [1.82, 2.24) is 5.32 Å². The van der Waals surface area contributed by atoms with Crippen molar-refractivity contribution in [3.63, 3.8) is 0 Å². The van der Waals surface area contributed by atoms with Crippen molar-refractivity contribution in [3.05, 3.63) is 69.8 Å². The molecule has 0 aliphatic rings. The van der Waals surface area contributed by atoms with E-state index in [1.165, 1.54) is 12.1 Å². The summed E-state index contributed by atoms with van der Waals surface area (Å²) in [7, 11) is 0. The van der Waals surface area contributed by atoms with Gasteiger partial charge in [-0.25, -0.2) is 0 Å². The lowest BCUT2D eigenvalue weighted by Gasteiger charge is -2.19. The SMILES string of the molecule is CC(C)Nc1ccc(C(CC(=O)O)NC(=O)c2ccccc2)cc1[N+](=O)[O-]. The normalized spacial score (nSPS) is 11.7. The number of carboxylic acid groups (broad SMARTS) is 1. The smallest absolute Gasteiger partial charge is 0.305 e. The number of nitrogens with one attached hydrogen (secondary N) is 2. The van der Waals surface area contributed by atoms with Gasteiger partial charge in [-0.1, -0.05) is 24.3 Å². The Morgan fingerprint density at radius 3 is 2.37 bits per heavy atom. The van der Waals surface area contributed by atoms with Crippen molar-refractivity contribution < 1.29 is 19.6 Å². The van der Waals surface area contributed by atoms with Crippen molar-refractivity contribution in [1.29, 1.82) is 0 Å². The van der Waals surface area contributed by atoms with E-state index in [1.54, 1.807) is 36.4 Å². The average molecular weight is 371 g/mol. The summed E-state index contributed by atoms with van der Waals surface area (Å²) < 4.78 is 0. The van der Waals surface area contributed by atoms with Crippen LogP contribution in [0.5, 0.6) is 0 Å². The number of hydrogen-bond acceptors (Lipinski definition) is 5. The minimum Gasteiger partial charge on any atom is -0.481 e. The highest BCUT2D eigenvalue weighted by atomic mass is 16.6. The minimum absolute atomic E-state index is 0.0119. The maximum atomic E-state index is 12.4. The van der Waals surface area contributed by atoms with E-state index >= 15 is 0 Å². The van der Waals surface area contributed by atoms with Crippen molar-refractivity contribution >= 4 is 23.3 Å². The van der Waals surface area contributed by atoms with Gasteiger partial charge in [-0.2, -0.15) is 0 Å². The number of hydrogen-bond donors (Lipinski definition) is 3. The number of amides is 1. The van der Waals surface area contributed by atoms with E-state index in [2.05, 4.69) is 10.6 Å². The molecule has 8 nitrogen and oxygen atoms in total. The lowest BCUT2D eigenvalue weighted by Crippen LogP contribution is -2.30. The second-order valence-corrected chi connectivity index (χ2v) is 6.32. The summed E-state index contributed by atoms with van der Waals surface area (Å²) in [4.78, 5) is 34.5. The molecule has 1 atom stereocenters. The van der Waals surface area contributed by atoms with Crippen LogP contribution in [0.25, 0.3) is 0 Å². The molecule has 0 bridgehead atoms. The second kappa shape index (κ2) is 8.79. The molecule has 0 aromatic heterocycles. The lowest BCUT2D eigenvalue weighted by molar-refractivity contribution is -0.384. The molecule has 1 unspecified atom stereocenters. The molecular weight excluding hydrogens is 350 g/mol. The maximum absolute atomic E-state index is 12.4. The Balaban J connectivity index is 2.35. The van der Waals surface area contributed by atoms with E-state index in [1.807, 2.05) is 13.8 Å². The van der Waals surface area contributed by atoms with Gasteiger partial charge in [-0.3, -0.25) is 19.7 Å². The largest absolute Gasteiger partial charge is 0.481 e. The number of aliphatic carboxylic acids is 1. The number of nitro benzene ring substituents is 1. The van der Waals surface area contributed by atoms with Gasteiger partial charge in [0.25, 0.3) is 11.6 Å². The minimum atomic E-state index is -1.12. The van der Waals surface area contributed by atoms with Gasteiger partial charge >= 0.3 is 5.97 Å². The van der Waals surface area contributed by atoms with E-state index < -0.39 is 29.3 Å². The summed E-state index contributed by atoms with van der Waals surface area (Å²) in [5, 5.41) is 26.2. The molecular formula is C19H21N3O5. The fraction of sp³-hybridized carbons (Fsp3) is 0.263. The van der Waals surface area contributed by atoms with E-state index in [0.717, 1.165) is 0 Å². The number of carboxylic acids is 1. The van der Waals surface area contributed by atoms with Crippen LogP contribution in [0.2, 0.25) is 0 Å². The summed E-state index contributed by atoms with van der Waals surface area (Å²) in [6.45, 7) is 3.70. The molecule has 27 heavy (non-hydrogen) atoms. The van der Waals surface area contributed by atoms with Gasteiger partial charge < -0.3 is 15.7 Å². The summed E-state index contributed by atoms with van der Waals surface area (Å²) in [5.41, 5.74) is 0.885. The summed E-state index contributed by atoms with van der Waals surface area (Å²) in [5.74, 6) is -1.57. The van der Waals surface area contributed by atoms with Crippen LogP contribution >= 0.6 is 0 Å². The Morgan fingerprint density at radius 2 is 1.81 bits per heavy atom. The van der Waals surface area contributed by atoms with Crippen molar-refractivity contribution in [2.75, 3.05) is 5.32 Å². The number of benzene rings is 2. The van der Waals surface area contributed by atoms with Gasteiger partial charge in [0.05, 0.1) is 17.4 Å². The third-order valence-electron chi connectivity index (χ3n) is 3.79. The molecule has 1 amide bonds. The van der Waals surface area contributed by atoms with Crippen molar-refractivity contribution in [2.24, 2.45) is 0 Å². The number of rotatable bonds is 8. The first-order valence-corrected chi connectivity index (χ1v) is 8.40. The first-order chi connectivity index (χ1) is 12.8. The van der Waals surface area contributed by atoms with E-state index in [9.17, 15) is 24.8 Å². The third-order valence-corrected chi connectivity index (χ3v) is 3.79. The standard InChI is InChI=1S/C19H21N3O5/c1-12(2)20-15-9-8-14(10-17(15)22(26)27)16(11-18(23)24)21-19(25)13-6-4-3-5-7-13/h3-10,12,16,20H,11H2,1-2H3,(H,21,25)(H,23,24). The lowest BCUT2D eigenvalue weighted by atomic mass is 10.0. The van der Waals surface area contributed by atoms with Gasteiger partial charge in [0, 0.05) is 17.7 Å². The monoisotopic (exact) mass is 371 g/mol. The van der Waals surface area contributed by atoms with Gasteiger partial charge in [0.15, 0.2) is 0 Å². The highest BCUT2D eigenvalue weighted by Gasteiger charge is 2.23. The molecule has 3 N–H and O–H groups in total. The highest BCUT2D eigenvalue weighted by molar-refractivity contribution is 5.94. The van der Waals surface area contributed by atoms with E-state index in [0.29, 0.717) is 16.8 Å². The zero-order chi connectivity index (χ0) is 20.0. The summed E-state index contributed by atoms with van der Waals surface area (Å²) in [6, 6.07) is 11.8. The second-order valence-electron chi connectivity index (χ2n) is 6.32. The Kier molecular flexibility index (Phi) is 6.48. The summed E-state index contributed by atoms with van der Waals surface area (Å²) in [6.07, 6.45) is -0.396. The fourth-order valence-corrected chi connectivity index (χ4v) is 2.61. The molecule has 0 aliphatic carbocycles. The Morgan fingerprint density at radius 1 is 1.15 bits per heavy atom. The van der Waals surface area contributed by atoms with E-state index in [-0.39, 0.29) is 11.7 Å². The van der Waals surface area contributed by atoms with Crippen LogP contribution in [0, 0.1) is 10.1 Å². The molecule has 2 rings (SSSR count). The van der Waals surface area contributed by atoms with Crippen molar-refractivity contribution in [3.8, 4) is 0 Å². The zero-order valence-electron chi connectivity index (χ0n) is 15.0. The first-order valence-electron chi connectivity index (χ1n) is 8.40. The molecule has 0 saturated carbocycles. The predicted octanol–water partition coefficient (Wildman–Crippen LogP) is 3.36.